The minimum absolute atomic E-state index is 0.199. The molecule has 2 N–H and O–H groups in total. The van der Waals surface area contributed by atoms with Crippen molar-refractivity contribution < 1.29 is 14.7 Å². The molecule has 5 heteroatoms. The molecule has 0 fully saturated rings. The van der Waals surface area contributed by atoms with Crippen LogP contribution in [0.25, 0.3) is 0 Å². The van der Waals surface area contributed by atoms with Crippen LogP contribution in [0.2, 0.25) is 5.02 Å². The SMILES string of the molecule is Cc1cccc(C(=O)N[C@H](C(=O)O)C(C)C)c1Cl. The molecule has 18 heavy (non-hydrogen) atoms. The summed E-state index contributed by atoms with van der Waals surface area (Å²) in [6.07, 6.45) is 0. The van der Waals surface area contributed by atoms with E-state index in [1.165, 1.54) is 0 Å². The van der Waals surface area contributed by atoms with Crippen LogP contribution in [0.4, 0.5) is 0 Å². The number of carboxylic acids is 1. The van der Waals surface area contributed by atoms with Crippen molar-refractivity contribution in [3.8, 4) is 0 Å². The lowest BCUT2D eigenvalue weighted by atomic mass is 10.0. The van der Waals surface area contributed by atoms with Crippen molar-refractivity contribution >= 4 is 23.5 Å². The number of carbonyl (C=O) groups excluding carboxylic acids is 1. The molecule has 0 radical (unpaired) electrons. The first-order valence-corrected chi connectivity index (χ1v) is 6.01. The second kappa shape index (κ2) is 5.87. The molecule has 0 saturated heterocycles. The van der Waals surface area contributed by atoms with Gasteiger partial charge in [-0.25, -0.2) is 4.79 Å². The summed E-state index contributed by atoms with van der Waals surface area (Å²) in [7, 11) is 0. The number of carbonyl (C=O) groups is 2. The quantitative estimate of drug-likeness (QED) is 0.882. The molecule has 0 bridgehead atoms. The van der Waals surface area contributed by atoms with Crippen LogP contribution in [0.15, 0.2) is 18.2 Å². The van der Waals surface area contributed by atoms with Crippen molar-refractivity contribution in [2.45, 2.75) is 26.8 Å². The Hall–Kier alpha value is -1.55. The van der Waals surface area contributed by atoms with E-state index in [0.717, 1.165) is 5.56 Å². The van der Waals surface area contributed by atoms with Gasteiger partial charge in [0, 0.05) is 0 Å². The minimum Gasteiger partial charge on any atom is -0.480 e. The van der Waals surface area contributed by atoms with Gasteiger partial charge in [-0.05, 0) is 24.5 Å². The van der Waals surface area contributed by atoms with Crippen molar-refractivity contribution in [2.75, 3.05) is 0 Å². The largest absolute Gasteiger partial charge is 0.480 e. The summed E-state index contributed by atoms with van der Waals surface area (Å²) in [5, 5.41) is 11.8. The van der Waals surface area contributed by atoms with E-state index in [2.05, 4.69) is 5.32 Å². The third-order valence-corrected chi connectivity index (χ3v) is 3.16. The van der Waals surface area contributed by atoms with Gasteiger partial charge in [0.2, 0.25) is 0 Å². The number of hydrogen-bond acceptors (Lipinski definition) is 2. The fourth-order valence-corrected chi connectivity index (χ4v) is 1.77. The fraction of sp³-hybridized carbons (Fsp3) is 0.385. The molecule has 1 aromatic carbocycles. The molecule has 4 nitrogen and oxygen atoms in total. The number of carboxylic acid groups (broad SMARTS) is 1. The Balaban J connectivity index is 2.94. The van der Waals surface area contributed by atoms with E-state index in [-0.39, 0.29) is 5.92 Å². The van der Waals surface area contributed by atoms with Crippen molar-refractivity contribution in [2.24, 2.45) is 5.92 Å². The molecule has 0 aliphatic rings. The molecular formula is C13H16ClNO3. The summed E-state index contributed by atoms with van der Waals surface area (Å²) in [5.74, 6) is -1.72. The number of hydrogen-bond donors (Lipinski definition) is 2. The standard InChI is InChI=1S/C13H16ClNO3/c1-7(2)11(13(17)18)15-12(16)9-6-4-5-8(3)10(9)14/h4-7,11H,1-3H3,(H,15,16)(H,17,18)/t11-/m0/s1. The van der Waals surface area contributed by atoms with Crippen LogP contribution >= 0.6 is 11.6 Å². The van der Waals surface area contributed by atoms with Gasteiger partial charge in [0.05, 0.1) is 10.6 Å². The van der Waals surface area contributed by atoms with Crippen LogP contribution in [0.1, 0.15) is 29.8 Å². The minimum atomic E-state index is -1.05. The molecule has 0 aliphatic carbocycles. The number of benzene rings is 1. The smallest absolute Gasteiger partial charge is 0.326 e. The predicted octanol–water partition coefficient (Wildman–Crippen LogP) is 2.49. The first-order chi connectivity index (χ1) is 8.34. The lowest BCUT2D eigenvalue weighted by molar-refractivity contribution is -0.140. The summed E-state index contributed by atoms with van der Waals surface area (Å²) in [4.78, 5) is 23.0. The summed E-state index contributed by atoms with van der Waals surface area (Å²) in [6, 6.07) is 4.15. The molecule has 0 unspecified atom stereocenters. The van der Waals surface area contributed by atoms with Gasteiger partial charge in [-0.3, -0.25) is 4.79 Å². The van der Waals surface area contributed by atoms with Crippen LogP contribution in [-0.2, 0) is 4.79 Å². The number of rotatable bonds is 4. The van der Waals surface area contributed by atoms with Crippen LogP contribution < -0.4 is 5.32 Å². The van der Waals surface area contributed by atoms with Crippen molar-refractivity contribution in [1.29, 1.82) is 0 Å². The number of aliphatic carboxylic acids is 1. The van der Waals surface area contributed by atoms with Gasteiger partial charge in [-0.15, -0.1) is 0 Å². The highest BCUT2D eigenvalue weighted by Crippen LogP contribution is 2.20. The average molecular weight is 270 g/mol. The van der Waals surface area contributed by atoms with E-state index in [1.54, 1.807) is 39.0 Å². The monoisotopic (exact) mass is 269 g/mol. The number of aryl methyl sites for hydroxylation is 1. The second-order valence-electron chi connectivity index (χ2n) is 4.47. The molecule has 0 aliphatic heterocycles. The maximum atomic E-state index is 12.0. The normalized spacial score (nSPS) is 12.3. The molecule has 1 amide bonds. The zero-order chi connectivity index (χ0) is 13.9. The van der Waals surface area contributed by atoms with Gasteiger partial charge in [-0.2, -0.15) is 0 Å². The van der Waals surface area contributed by atoms with Crippen molar-refractivity contribution in [3.63, 3.8) is 0 Å². The Kier molecular flexibility index (Phi) is 4.73. The van der Waals surface area contributed by atoms with Crippen LogP contribution in [-0.4, -0.2) is 23.0 Å². The van der Waals surface area contributed by atoms with E-state index in [9.17, 15) is 9.59 Å². The van der Waals surface area contributed by atoms with Gasteiger partial charge in [0.25, 0.3) is 5.91 Å². The Bertz CT molecular complexity index is 471. The lowest BCUT2D eigenvalue weighted by Gasteiger charge is -2.18. The topological polar surface area (TPSA) is 66.4 Å². The molecule has 0 saturated carbocycles. The second-order valence-corrected chi connectivity index (χ2v) is 4.85. The molecule has 0 spiro atoms. The summed E-state index contributed by atoms with van der Waals surface area (Å²) in [5.41, 5.74) is 1.07. The zero-order valence-corrected chi connectivity index (χ0v) is 11.3. The Morgan fingerprint density at radius 1 is 1.33 bits per heavy atom. The lowest BCUT2D eigenvalue weighted by Crippen LogP contribution is -2.44. The van der Waals surface area contributed by atoms with E-state index in [4.69, 9.17) is 16.7 Å². The highest BCUT2D eigenvalue weighted by molar-refractivity contribution is 6.34. The zero-order valence-electron chi connectivity index (χ0n) is 10.5. The Morgan fingerprint density at radius 3 is 2.44 bits per heavy atom. The van der Waals surface area contributed by atoms with E-state index < -0.39 is 17.9 Å². The highest BCUT2D eigenvalue weighted by atomic mass is 35.5. The molecule has 0 heterocycles. The van der Waals surface area contributed by atoms with Crippen LogP contribution in [0.3, 0.4) is 0 Å². The van der Waals surface area contributed by atoms with Crippen LogP contribution in [0.5, 0.6) is 0 Å². The molecule has 1 rings (SSSR count). The summed E-state index contributed by atoms with van der Waals surface area (Å²) in [6.45, 7) is 5.25. The third kappa shape index (κ3) is 3.23. The van der Waals surface area contributed by atoms with Gasteiger partial charge in [0.1, 0.15) is 6.04 Å². The first kappa shape index (κ1) is 14.5. The van der Waals surface area contributed by atoms with Gasteiger partial charge in [0.15, 0.2) is 0 Å². The highest BCUT2D eigenvalue weighted by Gasteiger charge is 2.24. The van der Waals surface area contributed by atoms with Gasteiger partial charge >= 0.3 is 5.97 Å². The molecule has 1 atom stereocenters. The number of halogens is 1. The van der Waals surface area contributed by atoms with Gasteiger partial charge < -0.3 is 10.4 Å². The summed E-state index contributed by atoms with van der Waals surface area (Å²) >= 11 is 6.02. The van der Waals surface area contributed by atoms with E-state index in [0.29, 0.717) is 10.6 Å². The maximum Gasteiger partial charge on any atom is 0.326 e. The first-order valence-electron chi connectivity index (χ1n) is 5.63. The predicted molar refractivity (Wildman–Crippen MR) is 69.9 cm³/mol. The van der Waals surface area contributed by atoms with Crippen molar-refractivity contribution in [3.05, 3.63) is 34.3 Å². The molecule has 98 valence electrons. The van der Waals surface area contributed by atoms with Crippen molar-refractivity contribution in [1.82, 2.24) is 5.32 Å². The average Bonchev–Trinajstić information content (AvgIpc) is 2.28. The third-order valence-electron chi connectivity index (χ3n) is 2.66. The van der Waals surface area contributed by atoms with E-state index in [1.807, 2.05) is 0 Å². The Morgan fingerprint density at radius 2 is 1.94 bits per heavy atom. The van der Waals surface area contributed by atoms with Crippen LogP contribution in [0, 0.1) is 12.8 Å². The summed E-state index contributed by atoms with van der Waals surface area (Å²) < 4.78 is 0. The molecular weight excluding hydrogens is 254 g/mol. The maximum absolute atomic E-state index is 12.0. The number of nitrogens with one attached hydrogen (secondary N) is 1. The van der Waals surface area contributed by atoms with E-state index >= 15 is 0 Å². The number of amides is 1. The fourth-order valence-electron chi connectivity index (χ4n) is 1.56. The molecule has 1 aromatic rings. The molecule has 0 aromatic heterocycles. The Labute approximate surface area is 111 Å². The van der Waals surface area contributed by atoms with Gasteiger partial charge in [-0.1, -0.05) is 37.6 Å².